The second kappa shape index (κ2) is 6.87. The van der Waals surface area contributed by atoms with Crippen LogP contribution in [-0.2, 0) is 6.42 Å². The van der Waals surface area contributed by atoms with Crippen LogP contribution in [0.1, 0.15) is 21.5 Å². The molecule has 1 atom stereocenters. The van der Waals surface area contributed by atoms with E-state index in [9.17, 15) is 9.90 Å². The fourth-order valence-electron chi connectivity index (χ4n) is 2.15. The monoisotopic (exact) mass is 269 g/mol. The summed E-state index contributed by atoms with van der Waals surface area (Å²) in [6.07, 6.45) is 0.620. The number of benzene rings is 2. The van der Waals surface area contributed by atoms with Gasteiger partial charge in [0.15, 0.2) is 0 Å². The second-order valence-electron chi connectivity index (χ2n) is 4.86. The molecule has 3 heteroatoms. The lowest BCUT2D eigenvalue weighted by molar-refractivity contribution is 0.0916. The van der Waals surface area contributed by atoms with E-state index in [1.165, 1.54) is 0 Å². The zero-order chi connectivity index (χ0) is 14.4. The van der Waals surface area contributed by atoms with E-state index >= 15 is 0 Å². The zero-order valence-corrected chi connectivity index (χ0v) is 11.5. The lowest BCUT2D eigenvalue weighted by Crippen LogP contribution is -2.39. The molecule has 1 unspecified atom stereocenters. The highest BCUT2D eigenvalue weighted by Crippen LogP contribution is 2.08. The Morgan fingerprint density at radius 2 is 1.75 bits per heavy atom. The van der Waals surface area contributed by atoms with Crippen molar-refractivity contribution in [3.63, 3.8) is 0 Å². The number of carbonyl (C=O) groups excluding carboxylic acids is 1. The Balaban J connectivity index is 2.03. The van der Waals surface area contributed by atoms with Crippen LogP contribution in [0.4, 0.5) is 0 Å². The van der Waals surface area contributed by atoms with Gasteiger partial charge in [0.1, 0.15) is 0 Å². The van der Waals surface area contributed by atoms with Crippen LogP contribution in [-0.4, -0.2) is 23.7 Å². The third-order valence-electron chi connectivity index (χ3n) is 3.27. The van der Waals surface area contributed by atoms with Gasteiger partial charge in [-0.05, 0) is 30.5 Å². The van der Waals surface area contributed by atoms with Crippen molar-refractivity contribution in [2.24, 2.45) is 0 Å². The normalized spacial score (nSPS) is 11.9. The summed E-state index contributed by atoms with van der Waals surface area (Å²) >= 11 is 0. The molecule has 0 fully saturated rings. The van der Waals surface area contributed by atoms with Crippen LogP contribution >= 0.6 is 0 Å². The van der Waals surface area contributed by atoms with Crippen LogP contribution in [0, 0.1) is 6.92 Å². The Hall–Kier alpha value is -2.13. The molecule has 0 aliphatic carbocycles. The van der Waals surface area contributed by atoms with E-state index in [0.717, 1.165) is 11.1 Å². The van der Waals surface area contributed by atoms with Crippen LogP contribution in [0.3, 0.4) is 0 Å². The Morgan fingerprint density at radius 1 is 1.10 bits per heavy atom. The van der Waals surface area contributed by atoms with E-state index in [2.05, 4.69) is 5.32 Å². The van der Waals surface area contributed by atoms with Crippen LogP contribution in [0.2, 0.25) is 0 Å². The second-order valence-corrected chi connectivity index (χ2v) is 4.86. The van der Waals surface area contributed by atoms with Gasteiger partial charge in [-0.3, -0.25) is 4.79 Å². The predicted molar refractivity (Wildman–Crippen MR) is 79.7 cm³/mol. The molecule has 20 heavy (non-hydrogen) atoms. The van der Waals surface area contributed by atoms with Crippen molar-refractivity contribution in [1.82, 2.24) is 5.32 Å². The van der Waals surface area contributed by atoms with Gasteiger partial charge < -0.3 is 10.4 Å². The molecule has 0 aliphatic heterocycles. The first-order chi connectivity index (χ1) is 9.70. The molecule has 0 radical (unpaired) electrons. The fraction of sp³-hybridized carbons (Fsp3) is 0.235. The summed E-state index contributed by atoms with van der Waals surface area (Å²) in [6, 6.07) is 17.0. The fourth-order valence-corrected chi connectivity index (χ4v) is 2.15. The first kappa shape index (κ1) is 14.3. The predicted octanol–water partition coefficient (Wildman–Crippen LogP) is 2.33. The van der Waals surface area contributed by atoms with Gasteiger partial charge >= 0.3 is 0 Å². The van der Waals surface area contributed by atoms with E-state index in [0.29, 0.717) is 12.0 Å². The number of amides is 1. The molecule has 2 rings (SSSR count). The van der Waals surface area contributed by atoms with Crippen LogP contribution in [0.5, 0.6) is 0 Å². The number of aliphatic hydroxyl groups is 1. The first-order valence-electron chi connectivity index (χ1n) is 6.72. The number of hydrogen-bond acceptors (Lipinski definition) is 2. The van der Waals surface area contributed by atoms with Crippen molar-refractivity contribution >= 4 is 5.91 Å². The quantitative estimate of drug-likeness (QED) is 0.875. The highest BCUT2D eigenvalue weighted by molar-refractivity contribution is 5.95. The molecule has 0 aliphatic rings. The van der Waals surface area contributed by atoms with Gasteiger partial charge in [0.05, 0.1) is 12.6 Å². The minimum absolute atomic E-state index is 0.0769. The van der Waals surface area contributed by atoms with Crippen LogP contribution < -0.4 is 5.32 Å². The summed E-state index contributed by atoms with van der Waals surface area (Å²) in [5.74, 6) is -0.141. The summed E-state index contributed by atoms with van der Waals surface area (Å²) in [7, 11) is 0. The molecule has 1 amide bonds. The summed E-state index contributed by atoms with van der Waals surface area (Å²) in [5.41, 5.74) is 2.68. The Kier molecular flexibility index (Phi) is 4.91. The molecule has 2 aromatic rings. The lowest BCUT2D eigenvalue weighted by atomic mass is 10.0. The van der Waals surface area contributed by atoms with E-state index in [4.69, 9.17) is 0 Å². The number of carbonyl (C=O) groups is 1. The van der Waals surface area contributed by atoms with E-state index in [1.54, 1.807) is 6.07 Å². The minimum atomic E-state index is -0.274. The molecule has 3 nitrogen and oxygen atoms in total. The van der Waals surface area contributed by atoms with Crippen molar-refractivity contribution in [2.45, 2.75) is 19.4 Å². The number of aliphatic hydroxyl groups excluding tert-OH is 1. The maximum Gasteiger partial charge on any atom is 0.251 e. The molecular formula is C17H19NO2. The average molecular weight is 269 g/mol. The van der Waals surface area contributed by atoms with Gasteiger partial charge in [-0.2, -0.15) is 0 Å². The van der Waals surface area contributed by atoms with Crippen molar-refractivity contribution in [1.29, 1.82) is 0 Å². The first-order valence-corrected chi connectivity index (χ1v) is 6.72. The third-order valence-corrected chi connectivity index (χ3v) is 3.27. The summed E-state index contributed by atoms with van der Waals surface area (Å²) in [6.45, 7) is 1.83. The van der Waals surface area contributed by atoms with Gasteiger partial charge in [0.25, 0.3) is 5.91 Å². The molecule has 0 aromatic heterocycles. The van der Waals surface area contributed by atoms with E-state index in [-0.39, 0.29) is 18.6 Å². The van der Waals surface area contributed by atoms with Crippen LogP contribution in [0.15, 0.2) is 54.6 Å². The van der Waals surface area contributed by atoms with Gasteiger partial charge in [0.2, 0.25) is 0 Å². The van der Waals surface area contributed by atoms with Gasteiger partial charge in [-0.1, -0.05) is 48.5 Å². The smallest absolute Gasteiger partial charge is 0.251 e. The van der Waals surface area contributed by atoms with Crippen molar-refractivity contribution < 1.29 is 9.90 Å². The number of aryl methyl sites for hydroxylation is 1. The van der Waals surface area contributed by atoms with Crippen molar-refractivity contribution in [2.75, 3.05) is 6.61 Å². The summed E-state index contributed by atoms with van der Waals surface area (Å²) in [5, 5.41) is 12.3. The van der Waals surface area contributed by atoms with Gasteiger partial charge in [0, 0.05) is 5.56 Å². The molecule has 0 spiro atoms. The summed E-state index contributed by atoms with van der Waals surface area (Å²) < 4.78 is 0. The molecule has 2 aromatic carbocycles. The maximum absolute atomic E-state index is 12.2. The molecular weight excluding hydrogens is 250 g/mol. The molecule has 0 saturated carbocycles. The van der Waals surface area contributed by atoms with Crippen molar-refractivity contribution in [3.8, 4) is 0 Å². The number of rotatable bonds is 5. The van der Waals surface area contributed by atoms with E-state index < -0.39 is 0 Å². The SMILES string of the molecule is Cc1ccccc1C(=O)NC(CO)Cc1ccccc1. The highest BCUT2D eigenvalue weighted by atomic mass is 16.3. The van der Waals surface area contributed by atoms with Gasteiger partial charge in [-0.25, -0.2) is 0 Å². The number of nitrogens with one attached hydrogen (secondary N) is 1. The molecule has 0 heterocycles. The molecule has 2 N–H and O–H groups in total. The highest BCUT2D eigenvalue weighted by Gasteiger charge is 2.14. The number of hydrogen-bond donors (Lipinski definition) is 2. The van der Waals surface area contributed by atoms with Crippen molar-refractivity contribution in [3.05, 3.63) is 71.3 Å². The van der Waals surface area contributed by atoms with Gasteiger partial charge in [-0.15, -0.1) is 0 Å². The Morgan fingerprint density at radius 3 is 2.40 bits per heavy atom. The third kappa shape index (κ3) is 3.68. The van der Waals surface area contributed by atoms with Crippen LogP contribution in [0.25, 0.3) is 0 Å². The topological polar surface area (TPSA) is 49.3 Å². The Labute approximate surface area is 119 Å². The summed E-state index contributed by atoms with van der Waals surface area (Å²) in [4.78, 5) is 12.2. The Bertz CT molecular complexity index is 566. The molecule has 0 saturated heterocycles. The largest absolute Gasteiger partial charge is 0.394 e. The molecule has 0 bridgehead atoms. The van der Waals surface area contributed by atoms with E-state index in [1.807, 2.05) is 55.5 Å². The zero-order valence-electron chi connectivity index (χ0n) is 11.5. The average Bonchev–Trinajstić information content (AvgIpc) is 2.48. The standard InChI is InChI=1S/C17H19NO2/c1-13-7-5-6-10-16(13)17(20)18-15(12-19)11-14-8-3-2-4-9-14/h2-10,15,19H,11-12H2,1H3,(H,18,20). The molecule has 104 valence electrons. The minimum Gasteiger partial charge on any atom is -0.394 e. The maximum atomic E-state index is 12.2. The lowest BCUT2D eigenvalue weighted by Gasteiger charge is -2.17.